The number of nitrogens with one attached hydrogen (secondary N) is 1. The molecular weight excluding hydrogens is 338 g/mol. The van der Waals surface area contributed by atoms with Crippen LogP contribution in [0.2, 0.25) is 0 Å². The van der Waals surface area contributed by atoms with E-state index in [2.05, 4.69) is 20.4 Å². The van der Waals surface area contributed by atoms with Gasteiger partial charge < -0.3 is 20.1 Å². The Bertz CT molecular complexity index is 771. The molecule has 1 atom stereocenters. The largest absolute Gasteiger partial charge is 0.504 e. The van der Waals surface area contributed by atoms with E-state index in [0.717, 1.165) is 37.8 Å². The lowest BCUT2D eigenvalue weighted by atomic mass is 10.0. The zero-order valence-corrected chi connectivity index (χ0v) is 14.5. The molecule has 0 saturated carbocycles. The Balaban J connectivity index is 1.69. The van der Waals surface area contributed by atoms with Gasteiger partial charge in [-0.25, -0.2) is 0 Å². The molecule has 1 aromatic heterocycles. The number of rotatable bonds is 6. The summed E-state index contributed by atoms with van der Waals surface area (Å²) >= 11 is 0. The van der Waals surface area contributed by atoms with Gasteiger partial charge in [0.15, 0.2) is 17.3 Å². The number of hydrogen-bond acceptors (Lipinski definition) is 8. The maximum absolute atomic E-state index is 11.3. The number of nitro benzene ring substituents is 1. The van der Waals surface area contributed by atoms with Crippen LogP contribution in [-0.2, 0) is 6.54 Å². The van der Waals surface area contributed by atoms with Crippen molar-refractivity contribution in [2.75, 3.05) is 25.1 Å². The lowest BCUT2D eigenvalue weighted by molar-refractivity contribution is -0.385. The summed E-state index contributed by atoms with van der Waals surface area (Å²) in [5, 5.41) is 32.5. The minimum absolute atomic E-state index is 0.127. The van der Waals surface area contributed by atoms with E-state index in [1.807, 2.05) is 12.1 Å². The van der Waals surface area contributed by atoms with Gasteiger partial charge in [0, 0.05) is 37.4 Å². The van der Waals surface area contributed by atoms with Crippen LogP contribution >= 0.6 is 0 Å². The molecule has 9 heteroatoms. The van der Waals surface area contributed by atoms with Crippen molar-refractivity contribution in [2.45, 2.75) is 25.4 Å². The lowest BCUT2D eigenvalue weighted by Gasteiger charge is -2.33. The van der Waals surface area contributed by atoms with E-state index >= 15 is 0 Å². The Hall–Kier alpha value is -2.94. The quantitative estimate of drug-likeness (QED) is 0.593. The molecule has 0 bridgehead atoms. The van der Waals surface area contributed by atoms with Crippen LogP contribution in [0.15, 0.2) is 30.5 Å². The molecule has 3 rings (SSSR count). The van der Waals surface area contributed by atoms with Crippen molar-refractivity contribution in [1.82, 2.24) is 15.5 Å². The predicted octanol–water partition coefficient (Wildman–Crippen LogP) is 1.86. The summed E-state index contributed by atoms with van der Waals surface area (Å²) in [6.07, 6.45) is 3.61. The number of methoxy groups -OCH3 is 1. The number of phenolic OH excluding ortho intramolecular Hbond substituents is 1. The molecule has 2 N–H and O–H groups in total. The topological polar surface area (TPSA) is 114 Å². The second kappa shape index (κ2) is 7.96. The number of nitrogens with zero attached hydrogens (tertiary/aromatic N) is 4. The van der Waals surface area contributed by atoms with Crippen LogP contribution in [0.5, 0.6) is 11.5 Å². The van der Waals surface area contributed by atoms with Gasteiger partial charge in [-0.1, -0.05) is 0 Å². The molecule has 1 aromatic carbocycles. The molecule has 2 aromatic rings. The summed E-state index contributed by atoms with van der Waals surface area (Å²) in [6, 6.07) is 6.58. The third kappa shape index (κ3) is 3.99. The van der Waals surface area contributed by atoms with E-state index in [-0.39, 0.29) is 23.2 Å². The van der Waals surface area contributed by atoms with Gasteiger partial charge in [0.2, 0.25) is 0 Å². The number of aromatic hydroxyl groups is 1. The summed E-state index contributed by atoms with van der Waals surface area (Å²) in [5.74, 6) is 0.808. The average molecular weight is 359 g/mol. The highest BCUT2D eigenvalue weighted by Gasteiger charge is 2.23. The van der Waals surface area contributed by atoms with Gasteiger partial charge in [0.1, 0.15) is 0 Å². The molecule has 0 spiro atoms. The zero-order chi connectivity index (χ0) is 18.5. The molecule has 1 unspecified atom stereocenters. The fraction of sp³-hybridized carbons (Fsp3) is 0.412. The van der Waals surface area contributed by atoms with E-state index in [1.54, 1.807) is 6.20 Å². The number of nitro groups is 1. The van der Waals surface area contributed by atoms with Gasteiger partial charge in [-0.05, 0) is 31.0 Å². The Morgan fingerprint density at radius 2 is 2.35 bits per heavy atom. The number of aromatic nitrogens is 2. The van der Waals surface area contributed by atoms with Gasteiger partial charge in [-0.3, -0.25) is 10.1 Å². The van der Waals surface area contributed by atoms with Crippen LogP contribution in [0.25, 0.3) is 0 Å². The van der Waals surface area contributed by atoms with Crippen molar-refractivity contribution < 1.29 is 14.8 Å². The third-order valence-electron chi connectivity index (χ3n) is 4.46. The van der Waals surface area contributed by atoms with Crippen LogP contribution in [-0.4, -0.2) is 46.5 Å². The maximum atomic E-state index is 11.3. The average Bonchev–Trinajstić information content (AvgIpc) is 2.67. The Kier molecular flexibility index (Phi) is 5.47. The maximum Gasteiger partial charge on any atom is 0.277 e. The first-order chi connectivity index (χ1) is 12.6. The highest BCUT2D eigenvalue weighted by atomic mass is 16.6. The molecule has 0 amide bonds. The van der Waals surface area contributed by atoms with Crippen molar-refractivity contribution in [3.05, 3.63) is 46.1 Å². The lowest BCUT2D eigenvalue weighted by Crippen LogP contribution is -2.45. The van der Waals surface area contributed by atoms with Crippen molar-refractivity contribution in [1.29, 1.82) is 0 Å². The third-order valence-corrected chi connectivity index (χ3v) is 4.46. The molecule has 9 nitrogen and oxygen atoms in total. The number of hydrogen-bond donors (Lipinski definition) is 2. The van der Waals surface area contributed by atoms with Gasteiger partial charge in [0.05, 0.1) is 18.1 Å². The highest BCUT2D eigenvalue weighted by molar-refractivity contribution is 5.53. The molecule has 1 aliphatic heterocycles. The van der Waals surface area contributed by atoms with Gasteiger partial charge in [0.25, 0.3) is 5.69 Å². The predicted molar refractivity (Wildman–Crippen MR) is 95.4 cm³/mol. The number of phenols is 1. The van der Waals surface area contributed by atoms with Crippen LogP contribution < -0.4 is 15.0 Å². The Morgan fingerprint density at radius 1 is 1.50 bits per heavy atom. The number of piperidine rings is 1. The second-order valence-electron chi connectivity index (χ2n) is 6.16. The number of anilines is 1. The fourth-order valence-electron chi connectivity index (χ4n) is 3.14. The summed E-state index contributed by atoms with van der Waals surface area (Å²) in [7, 11) is 1.41. The number of benzene rings is 1. The Labute approximate surface area is 150 Å². The fourth-order valence-corrected chi connectivity index (χ4v) is 3.14. The zero-order valence-electron chi connectivity index (χ0n) is 14.5. The first-order valence-electron chi connectivity index (χ1n) is 8.38. The summed E-state index contributed by atoms with van der Waals surface area (Å²) in [6.45, 7) is 1.97. The van der Waals surface area contributed by atoms with Gasteiger partial charge in [-0.15, -0.1) is 5.10 Å². The molecule has 26 heavy (non-hydrogen) atoms. The first-order valence-corrected chi connectivity index (χ1v) is 8.38. The van der Waals surface area contributed by atoms with Crippen LogP contribution in [0.1, 0.15) is 18.4 Å². The summed E-state index contributed by atoms with van der Waals surface area (Å²) < 4.78 is 5.06. The first kappa shape index (κ1) is 17.9. The van der Waals surface area contributed by atoms with Gasteiger partial charge in [-0.2, -0.15) is 5.10 Å². The molecule has 1 fully saturated rings. The number of ether oxygens (including phenoxy) is 1. The second-order valence-corrected chi connectivity index (χ2v) is 6.16. The van der Waals surface area contributed by atoms with Crippen LogP contribution in [0.4, 0.5) is 11.5 Å². The summed E-state index contributed by atoms with van der Waals surface area (Å²) in [4.78, 5) is 12.9. The molecule has 0 aliphatic carbocycles. The van der Waals surface area contributed by atoms with Crippen molar-refractivity contribution in [2.24, 2.45) is 0 Å². The van der Waals surface area contributed by atoms with E-state index in [4.69, 9.17) is 4.74 Å². The van der Waals surface area contributed by atoms with E-state index in [9.17, 15) is 15.2 Å². The molecule has 0 radical (unpaired) electrons. The molecular formula is C17H21N5O4. The van der Waals surface area contributed by atoms with Crippen molar-refractivity contribution in [3.8, 4) is 11.5 Å². The highest BCUT2D eigenvalue weighted by Crippen LogP contribution is 2.33. The molecule has 138 valence electrons. The minimum atomic E-state index is -0.497. The van der Waals surface area contributed by atoms with Crippen LogP contribution in [0.3, 0.4) is 0 Å². The monoisotopic (exact) mass is 359 g/mol. The van der Waals surface area contributed by atoms with Crippen molar-refractivity contribution >= 4 is 11.5 Å². The summed E-state index contributed by atoms with van der Waals surface area (Å²) in [5.41, 5.74) is 0.346. The van der Waals surface area contributed by atoms with Crippen LogP contribution in [0, 0.1) is 10.1 Å². The van der Waals surface area contributed by atoms with E-state index in [0.29, 0.717) is 12.1 Å². The molecule has 1 saturated heterocycles. The normalized spacial score (nSPS) is 17.1. The van der Waals surface area contributed by atoms with Gasteiger partial charge >= 0.3 is 0 Å². The Morgan fingerprint density at radius 3 is 3.04 bits per heavy atom. The van der Waals surface area contributed by atoms with Crippen molar-refractivity contribution in [3.63, 3.8) is 0 Å². The molecule has 1 aliphatic rings. The SMILES string of the molecule is COc1cc(CNC2CCCN(c3cccnn3)C2)c([N+](=O)[O-])cc1O. The standard InChI is InChI=1S/C17H21N5O4/c1-26-16-8-12(14(22(24)25)9-15(16)23)10-18-13-4-3-7-21(11-13)17-5-2-6-19-20-17/h2,5-6,8-9,13,18,23H,3-4,7,10-11H2,1H3. The molecule has 2 heterocycles. The van der Waals surface area contributed by atoms with E-state index in [1.165, 1.54) is 13.2 Å². The van der Waals surface area contributed by atoms with E-state index < -0.39 is 4.92 Å². The minimum Gasteiger partial charge on any atom is -0.504 e. The smallest absolute Gasteiger partial charge is 0.277 e.